The number of nitrogens with one attached hydrogen (secondary N) is 1. The van der Waals surface area contributed by atoms with Crippen molar-refractivity contribution >= 4 is 5.91 Å². The molecule has 1 aromatic carbocycles. The van der Waals surface area contributed by atoms with Crippen LogP contribution in [0.1, 0.15) is 24.0 Å². The molecule has 1 aromatic rings. The number of hydrogen-bond donors (Lipinski definition) is 1. The lowest BCUT2D eigenvalue weighted by Gasteiger charge is -2.24. The minimum atomic E-state index is 0.188. The summed E-state index contributed by atoms with van der Waals surface area (Å²) in [5.41, 5.74) is 2.75. The van der Waals surface area contributed by atoms with Gasteiger partial charge in [0.05, 0.1) is 0 Å². The summed E-state index contributed by atoms with van der Waals surface area (Å²) in [5.74, 6) is 1.27. The third-order valence-electron chi connectivity index (χ3n) is 5.31. The van der Waals surface area contributed by atoms with Gasteiger partial charge < -0.3 is 10.2 Å². The number of rotatable bonds is 1. The van der Waals surface area contributed by atoms with Crippen LogP contribution in [-0.4, -0.2) is 36.5 Å². The second-order valence-corrected chi connectivity index (χ2v) is 6.58. The van der Waals surface area contributed by atoms with E-state index in [0.29, 0.717) is 17.9 Å². The molecule has 106 valence electrons. The smallest absolute Gasteiger partial charge is 0.226 e. The second-order valence-electron chi connectivity index (χ2n) is 6.58. The summed E-state index contributed by atoms with van der Waals surface area (Å²) in [6.45, 7) is 3.03. The van der Waals surface area contributed by atoms with Gasteiger partial charge in [0.2, 0.25) is 5.91 Å². The fraction of sp³-hybridized carbons (Fsp3) is 0.588. The molecule has 2 atom stereocenters. The van der Waals surface area contributed by atoms with E-state index in [4.69, 9.17) is 0 Å². The number of amides is 1. The molecule has 0 aromatic heterocycles. The summed E-state index contributed by atoms with van der Waals surface area (Å²) in [4.78, 5) is 14.9. The first-order valence-corrected chi connectivity index (χ1v) is 7.90. The zero-order valence-corrected chi connectivity index (χ0v) is 11.8. The Kier molecular flexibility index (Phi) is 3.03. The summed E-state index contributed by atoms with van der Waals surface area (Å²) in [6.07, 6.45) is 4.42. The molecule has 0 spiro atoms. The molecule has 1 N–H and O–H groups in total. The van der Waals surface area contributed by atoms with E-state index in [1.54, 1.807) is 0 Å². The molecule has 20 heavy (non-hydrogen) atoms. The molecule has 1 amide bonds. The number of carbonyl (C=O) groups is 1. The summed E-state index contributed by atoms with van der Waals surface area (Å²) in [6, 6.07) is 9.07. The van der Waals surface area contributed by atoms with E-state index in [9.17, 15) is 4.79 Å². The molecular weight excluding hydrogens is 248 g/mol. The van der Waals surface area contributed by atoms with Gasteiger partial charge in [0, 0.05) is 25.0 Å². The monoisotopic (exact) mass is 270 g/mol. The highest BCUT2D eigenvalue weighted by molar-refractivity contribution is 5.81. The average molecular weight is 270 g/mol. The van der Waals surface area contributed by atoms with Gasteiger partial charge in [0.15, 0.2) is 0 Å². The molecule has 3 heteroatoms. The Hall–Kier alpha value is -1.35. The first-order valence-electron chi connectivity index (χ1n) is 7.90. The van der Waals surface area contributed by atoms with Crippen LogP contribution in [0.15, 0.2) is 24.3 Å². The zero-order chi connectivity index (χ0) is 13.5. The highest BCUT2D eigenvalue weighted by Crippen LogP contribution is 2.31. The maximum absolute atomic E-state index is 12.8. The van der Waals surface area contributed by atoms with Crippen molar-refractivity contribution in [3.8, 4) is 0 Å². The first kappa shape index (κ1) is 12.4. The van der Waals surface area contributed by atoms with Gasteiger partial charge in [-0.1, -0.05) is 24.3 Å². The summed E-state index contributed by atoms with van der Waals surface area (Å²) in [5, 5.41) is 3.58. The standard InChI is InChI=1S/C17H22N2O/c20-17(15-8-12-4-1-2-5-13(12)9-15)19-10-14-6-3-7-18-16(14)11-19/h1-2,4-5,14-16,18H,3,6-11H2/t14-,16+/m0/s1. The van der Waals surface area contributed by atoms with E-state index in [1.165, 1.54) is 24.0 Å². The lowest BCUT2D eigenvalue weighted by Crippen LogP contribution is -2.41. The van der Waals surface area contributed by atoms with Crippen LogP contribution < -0.4 is 5.32 Å². The molecule has 0 bridgehead atoms. The first-order chi connectivity index (χ1) is 9.81. The van der Waals surface area contributed by atoms with E-state index in [-0.39, 0.29) is 5.92 Å². The topological polar surface area (TPSA) is 32.3 Å². The highest BCUT2D eigenvalue weighted by Gasteiger charge is 2.39. The third-order valence-corrected chi connectivity index (χ3v) is 5.31. The van der Waals surface area contributed by atoms with Crippen LogP contribution in [0.2, 0.25) is 0 Å². The molecule has 2 saturated heterocycles. The molecule has 0 saturated carbocycles. The van der Waals surface area contributed by atoms with E-state index >= 15 is 0 Å². The predicted octanol–water partition coefficient (Wildman–Crippen LogP) is 1.61. The highest BCUT2D eigenvalue weighted by atomic mass is 16.2. The predicted molar refractivity (Wildman–Crippen MR) is 78.4 cm³/mol. The summed E-state index contributed by atoms with van der Waals surface area (Å²) < 4.78 is 0. The van der Waals surface area contributed by atoms with Gasteiger partial charge in [0.1, 0.15) is 0 Å². The van der Waals surface area contributed by atoms with Crippen LogP contribution in [0, 0.1) is 11.8 Å². The number of carbonyl (C=O) groups excluding carboxylic acids is 1. The number of benzene rings is 1. The number of likely N-dealkylation sites (tertiary alicyclic amines) is 1. The molecule has 3 aliphatic rings. The molecule has 0 unspecified atom stereocenters. The molecule has 3 nitrogen and oxygen atoms in total. The quantitative estimate of drug-likeness (QED) is 0.841. The van der Waals surface area contributed by atoms with E-state index in [0.717, 1.165) is 32.5 Å². The van der Waals surface area contributed by atoms with E-state index in [1.807, 2.05) is 0 Å². The lowest BCUT2D eigenvalue weighted by atomic mass is 9.94. The van der Waals surface area contributed by atoms with Gasteiger partial charge in [0.25, 0.3) is 0 Å². The van der Waals surface area contributed by atoms with Crippen molar-refractivity contribution in [2.75, 3.05) is 19.6 Å². The van der Waals surface area contributed by atoms with Crippen LogP contribution in [0.4, 0.5) is 0 Å². The second kappa shape index (κ2) is 4.88. The molecule has 2 heterocycles. The summed E-state index contributed by atoms with van der Waals surface area (Å²) >= 11 is 0. The van der Waals surface area contributed by atoms with Gasteiger partial charge in [-0.25, -0.2) is 0 Å². The molecule has 2 aliphatic heterocycles. The van der Waals surface area contributed by atoms with Crippen molar-refractivity contribution in [2.24, 2.45) is 11.8 Å². The van der Waals surface area contributed by atoms with Gasteiger partial charge in [-0.15, -0.1) is 0 Å². The van der Waals surface area contributed by atoms with Crippen molar-refractivity contribution < 1.29 is 4.79 Å². The Morgan fingerprint density at radius 3 is 2.60 bits per heavy atom. The largest absolute Gasteiger partial charge is 0.341 e. The Balaban J connectivity index is 1.44. The van der Waals surface area contributed by atoms with Crippen molar-refractivity contribution in [2.45, 2.75) is 31.7 Å². The van der Waals surface area contributed by atoms with Crippen LogP contribution in [-0.2, 0) is 17.6 Å². The maximum atomic E-state index is 12.8. The Labute approximate surface area is 120 Å². The number of nitrogens with zero attached hydrogens (tertiary/aromatic N) is 1. The van der Waals surface area contributed by atoms with Crippen molar-refractivity contribution in [1.82, 2.24) is 10.2 Å². The molecule has 1 aliphatic carbocycles. The molecule has 0 radical (unpaired) electrons. The fourth-order valence-electron chi connectivity index (χ4n) is 4.22. The number of fused-ring (bicyclic) bond motifs is 2. The average Bonchev–Trinajstić information content (AvgIpc) is 3.10. The van der Waals surface area contributed by atoms with Gasteiger partial charge in [-0.05, 0) is 49.3 Å². The SMILES string of the molecule is O=C(C1Cc2ccccc2C1)N1C[C@@H]2CCCN[C@@H]2C1. The number of hydrogen-bond acceptors (Lipinski definition) is 2. The van der Waals surface area contributed by atoms with E-state index in [2.05, 4.69) is 34.5 Å². The van der Waals surface area contributed by atoms with Crippen LogP contribution in [0.25, 0.3) is 0 Å². The van der Waals surface area contributed by atoms with Gasteiger partial charge in [-0.2, -0.15) is 0 Å². The molecular formula is C17H22N2O. The number of piperidine rings is 1. The lowest BCUT2D eigenvalue weighted by molar-refractivity contribution is -0.134. The summed E-state index contributed by atoms with van der Waals surface area (Å²) in [7, 11) is 0. The van der Waals surface area contributed by atoms with E-state index < -0.39 is 0 Å². The van der Waals surface area contributed by atoms with Crippen molar-refractivity contribution in [1.29, 1.82) is 0 Å². The normalized spacial score (nSPS) is 29.3. The Bertz CT molecular complexity index is 488. The van der Waals surface area contributed by atoms with Gasteiger partial charge >= 0.3 is 0 Å². The maximum Gasteiger partial charge on any atom is 0.226 e. The molecule has 2 fully saturated rings. The van der Waals surface area contributed by atoms with Crippen molar-refractivity contribution in [3.05, 3.63) is 35.4 Å². The van der Waals surface area contributed by atoms with Crippen LogP contribution in [0.3, 0.4) is 0 Å². The molecule has 4 rings (SSSR count). The Morgan fingerprint density at radius 2 is 1.90 bits per heavy atom. The van der Waals surface area contributed by atoms with Crippen LogP contribution >= 0.6 is 0 Å². The van der Waals surface area contributed by atoms with Gasteiger partial charge in [-0.3, -0.25) is 4.79 Å². The Morgan fingerprint density at radius 1 is 1.15 bits per heavy atom. The minimum Gasteiger partial charge on any atom is -0.341 e. The zero-order valence-electron chi connectivity index (χ0n) is 11.8. The fourth-order valence-corrected chi connectivity index (χ4v) is 4.22. The minimum absolute atomic E-state index is 0.188. The van der Waals surface area contributed by atoms with Crippen LogP contribution in [0.5, 0.6) is 0 Å². The third kappa shape index (κ3) is 2.05. The van der Waals surface area contributed by atoms with Crippen molar-refractivity contribution in [3.63, 3.8) is 0 Å².